The van der Waals surface area contributed by atoms with Gasteiger partial charge in [-0.15, -0.1) is 0 Å². The Hall–Kier alpha value is -1.06. The van der Waals surface area contributed by atoms with Gasteiger partial charge in [-0.05, 0) is 18.8 Å². The molecule has 4 nitrogen and oxygen atoms in total. The van der Waals surface area contributed by atoms with Crippen LogP contribution in [-0.4, -0.2) is 26.2 Å². The summed E-state index contributed by atoms with van der Waals surface area (Å²) in [7, 11) is 2.80. The van der Waals surface area contributed by atoms with Crippen LogP contribution in [0.3, 0.4) is 0 Å². The Labute approximate surface area is 115 Å². The van der Waals surface area contributed by atoms with Gasteiger partial charge in [0, 0.05) is 0 Å². The first-order valence-electron chi connectivity index (χ1n) is 7.24. The predicted octanol–water partition coefficient (Wildman–Crippen LogP) is 2.95. The average molecular weight is 270 g/mol. The van der Waals surface area contributed by atoms with Crippen LogP contribution in [0, 0.1) is 17.8 Å². The third kappa shape index (κ3) is 5.21. The Balaban J connectivity index is 2.55. The normalized spacial score (nSPS) is 19.5. The number of methoxy groups -OCH3 is 2. The number of carbonyl (C=O) groups excluding carboxylic acids is 2. The van der Waals surface area contributed by atoms with E-state index in [1.807, 2.05) is 6.92 Å². The van der Waals surface area contributed by atoms with E-state index in [9.17, 15) is 9.59 Å². The van der Waals surface area contributed by atoms with Crippen molar-refractivity contribution in [3.63, 3.8) is 0 Å². The van der Waals surface area contributed by atoms with E-state index in [2.05, 4.69) is 0 Å². The molecule has 0 amide bonds. The van der Waals surface area contributed by atoms with Crippen LogP contribution in [0.4, 0.5) is 0 Å². The molecule has 1 fully saturated rings. The molecule has 110 valence electrons. The maximum absolute atomic E-state index is 11.9. The monoisotopic (exact) mass is 270 g/mol. The van der Waals surface area contributed by atoms with Gasteiger partial charge in [-0.3, -0.25) is 9.59 Å². The van der Waals surface area contributed by atoms with Crippen molar-refractivity contribution in [1.82, 2.24) is 0 Å². The number of carbonyl (C=O) groups is 2. The molecular weight excluding hydrogens is 244 g/mol. The molecule has 1 saturated carbocycles. The molecule has 1 aliphatic rings. The minimum Gasteiger partial charge on any atom is -0.469 e. The van der Waals surface area contributed by atoms with Crippen LogP contribution < -0.4 is 0 Å². The molecule has 0 radical (unpaired) electrons. The molecule has 0 heterocycles. The highest BCUT2D eigenvalue weighted by atomic mass is 16.5. The lowest BCUT2D eigenvalue weighted by Gasteiger charge is -2.26. The second-order valence-corrected chi connectivity index (χ2v) is 5.62. The highest BCUT2D eigenvalue weighted by Crippen LogP contribution is 2.31. The van der Waals surface area contributed by atoms with Crippen LogP contribution in [-0.2, 0) is 19.1 Å². The van der Waals surface area contributed by atoms with Gasteiger partial charge in [-0.2, -0.15) is 0 Å². The Morgan fingerprint density at radius 3 is 2.16 bits per heavy atom. The first kappa shape index (κ1) is 16.0. The van der Waals surface area contributed by atoms with Gasteiger partial charge in [0.05, 0.1) is 26.1 Å². The van der Waals surface area contributed by atoms with E-state index in [-0.39, 0.29) is 23.8 Å². The van der Waals surface area contributed by atoms with Gasteiger partial charge >= 0.3 is 11.9 Å². The van der Waals surface area contributed by atoms with E-state index < -0.39 is 0 Å². The van der Waals surface area contributed by atoms with Crippen LogP contribution in [0.2, 0.25) is 0 Å². The fraction of sp³-hybridized carbons (Fsp3) is 0.867. The third-order valence-corrected chi connectivity index (χ3v) is 4.12. The zero-order valence-corrected chi connectivity index (χ0v) is 12.3. The van der Waals surface area contributed by atoms with Gasteiger partial charge in [0.2, 0.25) is 0 Å². The van der Waals surface area contributed by atoms with Gasteiger partial charge in [0.25, 0.3) is 0 Å². The summed E-state index contributed by atoms with van der Waals surface area (Å²) in [6.07, 6.45) is 7.57. The van der Waals surface area contributed by atoms with Crippen molar-refractivity contribution in [3.8, 4) is 0 Å². The topological polar surface area (TPSA) is 52.6 Å². The molecule has 1 aliphatic carbocycles. The second kappa shape index (κ2) is 8.18. The lowest BCUT2D eigenvalue weighted by Crippen LogP contribution is -2.26. The summed E-state index contributed by atoms with van der Waals surface area (Å²) in [6, 6.07) is 0. The highest BCUT2D eigenvalue weighted by Gasteiger charge is 2.28. The number of esters is 2. The van der Waals surface area contributed by atoms with Gasteiger partial charge in [0.1, 0.15) is 0 Å². The first-order chi connectivity index (χ1) is 9.08. The third-order valence-electron chi connectivity index (χ3n) is 4.12. The van der Waals surface area contributed by atoms with Gasteiger partial charge < -0.3 is 9.47 Å². The largest absolute Gasteiger partial charge is 0.469 e. The summed E-state index contributed by atoms with van der Waals surface area (Å²) in [6.45, 7) is 1.81. The Morgan fingerprint density at radius 2 is 1.63 bits per heavy atom. The zero-order chi connectivity index (χ0) is 14.3. The number of ether oxygens (including phenoxy) is 2. The molecule has 0 saturated heterocycles. The summed E-state index contributed by atoms with van der Waals surface area (Å²) in [5.41, 5.74) is 0. The molecule has 0 aliphatic heterocycles. The molecular formula is C15H26O4. The van der Waals surface area contributed by atoms with Gasteiger partial charge in [-0.25, -0.2) is 0 Å². The maximum atomic E-state index is 11.9. The summed E-state index contributed by atoms with van der Waals surface area (Å²) in [4.78, 5) is 23.3. The average Bonchev–Trinajstić information content (AvgIpc) is 2.45. The number of hydrogen-bond donors (Lipinski definition) is 0. The minimum atomic E-state index is -0.252. The summed E-state index contributed by atoms with van der Waals surface area (Å²) >= 11 is 0. The molecule has 1 rings (SSSR count). The first-order valence-corrected chi connectivity index (χ1v) is 7.24. The van der Waals surface area contributed by atoms with E-state index in [1.54, 1.807) is 0 Å². The van der Waals surface area contributed by atoms with Crippen molar-refractivity contribution in [2.75, 3.05) is 14.2 Å². The molecule has 0 aromatic carbocycles. The van der Waals surface area contributed by atoms with Crippen LogP contribution in [0.25, 0.3) is 0 Å². The van der Waals surface area contributed by atoms with E-state index >= 15 is 0 Å². The SMILES string of the molecule is COC(=O)[C@@H](CC1CCCCC1)C[C@@H](C)C(=O)OC. The Morgan fingerprint density at radius 1 is 1.05 bits per heavy atom. The second-order valence-electron chi connectivity index (χ2n) is 5.62. The number of rotatable bonds is 6. The van der Waals surface area contributed by atoms with E-state index in [1.165, 1.54) is 46.3 Å². The molecule has 0 aromatic heterocycles. The standard InChI is InChI=1S/C15H26O4/c1-11(14(16)18-2)9-13(15(17)19-3)10-12-7-5-4-6-8-12/h11-13H,4-10H2,1-3H3/t11-,13-/m1/s1. The van der Waals surface area contributed by atoms with Crippen LogP contribution in [0.15, 0.2) is 0 Å². The zero-order valence-electron chi connectivity index (χ0n) is 12.3. The van der Waals surface area contributed by atoms with E-state index in [4.69, 9.17) is 9.47 Å². The van der Waals surface area contributed by atoms with Crippen molar-refractivity contribution in [2.24, 2.45) is 17.8 Å². The maximum Gasteiger partial charge on any atom is 0.308 e. The van der Waals surface area contributed by atoms with Gasteiger partial charge in [-0.1, -0.05) is 39.0 Å². The molecule has 0 unspecified atom stereocenters. The Kier molecular flexibility index (Phi) is 6.89. The van der Waals surface area contributed by atoms with Crippen molar-refractivity contribution < 1.29 is 19.1 Å². The Bertz CT molecular complexity index is 295. The smallest absolute Gasteiger partial charge is 0.308 e. The minimum absolute atomic E-state index is 0.179. The van der Waals surface area contributed by atoms with Crippen molar-refractivity contribution in [1.29, 1.82) is 0 Å². The summed E-state index contributed by atoms with van der Waals surface area (Å²) < 4.78 is 9.60. The molecule has 0 N–H and O–H groups in total. The molecule has 4 heteroatoms. The molecule has 0 aromatic rings. The van der Waals surface area contributed by atoms with Gasteiger partial charge in [0.15, 0.2) is 0 Å². The number of hydrogen-bond acceptors (Lipinski definition) is 4. The highest BCUT2D eigenvalue weighted by molar-refractivity contribution is 5.75. The van der Waals surface area contributed by atoms with E-state index in [0.29, 0.717) is 12.3 Å². The predicted molar refractivity (Wildman–Crippen MR) is 72.5 cm³/mol. The molecule has 2 atom stereocenters. The lowest BCUT2D eigenvalue weighted by molar-refractivity contribution is -0.149. The molecule has 0 spiro atoms. The summed E-state index contributed by atoms with van der Waals surface area (Å²) in [5, 5.41) is 0. The van der Waals surface area contributed by atoms with Crippen molar-refractivity contribution >= 4 is 11.9 Å². The van der Waals surface area contributed by atoms with Crippen LogP contribution in [0.1, 0.15) is 51.9 Å². The molecule has 19 heavy (non-hydrogen) atoms. The van der Waals surface area contributed by atoms with Crippen molar-refractivity contribution in [2.45, 2.75) is 51.9 Å². The fourth-order valence-corrected chi connectivity index (χ4v) is 3.00. The fourth-order valence-electron chi connectivity index (χ4n) is 3.00. The molecule has 0 bridgehead atoms. The lowest BCUT2D eigenvalue weighted by atomic mass is 9.80. The van der Waals surface area contributed by atoms with Crippen molar-refractivity contribution in [3.05, 3.63) is 0 Å². The van der Waals surface area contributed by atoms with E-state index in [0.717, 1.165) is 6.42 Å². The van der Waals surface area contributed by atoms with Crippen LogP contribution in [0.5, 0.6) is 0 Å². The summed E-state index contributed by atoms with van der Waals surface area (Å²) in [5.74, 6) is -0.276. The quantitative estimate of drug-likeness (QED) is 0.696. The van der Waals surface area contributed by atoms with Crippen LogP contribution >= 0.6 is 0 Å².